The number of carboxylic acids is 1. The van der Waals surface area contributed by atoms with E-state index in [4.69, 9.17) is 9.84 Å². The van der Waals surface area contributed by atoms with Crippen LogP contribution in [0.4, 0.5) is 0 Å². The molecule has 0 aromatic heterocycles. The van der Waals surface area contributed by atoms with Crippen LogP contribution in [0.15, 0.2) is 30.3 Å². The van der Waals surface area contributed by atoms with E-state index in [2.05, 4.69) is 0 Å². The first-order valence-corrected chi connectivity index (χ1v) is 7.01. The lowest BCUT2D eigenvalue weighted by molar-refractivity contribution is -0.157. The van der Waals surface area contributed by atoms with E-state index in [1.54, 1.807) is 24.3 Å². The Morgan fingerprint density at radius 3 is 2.43 bits per heavy atom. The van der Waals surface area contributed by atoms with Crippen LogP contribution in [0.2, 0.25) is 0 Å². The van der Waals surface area contributed by atoms with Crippen molar-refractivity contribution in [2.24, 2.45) is 5.92 Å². The summed E-state index contributed by atoms with van der Waals surface area (Å²) < 4.78 is 4.95. The molecule has 1 aromatic rings. The van der Waals surface area contributed by atoms with Crippen LogP contribution in [0.1, 0.15) is 38.2 Å². The second-order valence-electron chi connectivity index (χ2n) is 4.86. The first kappa shape index (κ1) is 16.9. The first-order valence-electron chi connectivity index (χ1n) is 7.01. The topological polar surface area (TPSA) is 80.7 Å². The van der Waals surface area contributed by atoms with Gasteiger partial charge in [0.2, 0.25) is 5.78 Å². The van der Waals surface area contributed by atoms with Gasteiger partial charge in [0.15, 0.2) is 0 Å². The van der Waals surface area contributed by atoms with Crippen molar-refractivity contribution in [3.05, 3.63) is 35.9 Å². The quantitative estimate of drug-likeness (QED) is 0.559. The van der Waals surface area contributed by atoms with Crippen LogP contribution in [0.5, 0.6) is 0 Å². The molecule has 0 amide bonds. The zero-order valence-electron chi connectivity index (χ0n) is 12.1. The van der Waals surface area contributed by atoms with E-state index in [9.17, 15) is 14.4 Å². The summed E-state index contributed by atoms with van der Waals surface area (Å²) in [4.78, 5) is 34.5. The fraction of sp³-hybridized carbons (Fsp3) is 0.438. The number of rotatable bonds is 9. The fourth-order valence-corrected chi connectivity index (χ4v) is 1.95. The number of Topliss-reactive ketones (excluding diaryl/α,β-unsaturated/α-hetero) is 1. The first-order chi connectivity index (χ1) is 10.0. The van der Waals surface area contributed by atoms with Crippen molar-refractivity contribution in [2.45, 2.75) is 39.2 Å². The molecule has 0 aliphatic carbocycles. The predicted molar refractivity (Wildman–Crippen MR) is 76.5 cm³/mol. The lowest BCUT2D eigenvalue weighted by Crippen LogP contribution is -2.27. The van der Waals surface area contributed by atoms with Gasteiger partial charge in [0.05, 0.1) is 6.42 Å². The summed E-state index contributed by atoms with van der Waals surface area (Å²) in [5.74, 6) is -3.59. The Balaban J connectivity index is 2.56. The van der Waals surface area contributed by atoms with Gasteiger partial charge in [-0.2, -0.15) is 0 Å². The highest BCUT2D eigenvalue weighted by atomic mass is 16.5. The smallest absolute Gasteiger partial charge is 0.375 e. The number of esters is 1. The molecule has 0 aliphatic heterocycles. The zero-order chi connectivity index (χ0) is 15.7. The molecule has 21 heavy (non-hydrogen) atoms. The number of hydrogen-bond acceptors (Lipinski definition) is 4. The SMILES string of the molecule is CCCCC(CC(=O)O)C(=O)C(=O)OCc1ccccc1. The van der Waals surface area contributed by atoms with Gasteiger partial charge >= 0.3 is 11.9 Å². The van der Waals surface area contributed by atoms with Crippen molar-refractivity contribution in [1.29, 1.82) is 0 Å². The van der Waals surface area contributed by atoms with Crippen molar-refractivity contribution >= 4 is 17.7 Å². The molecule has 114 valence electrons. The third kappa shape index (κ3) is 6.21. The normalized spacial score (nSPS) is 11.7. The van der Waals surface area contributed by atoms with E-state index in [0.717, 1.165) is 12.0 Å². The standard InChI is InChI=1S/C16H20O5/c1-2-3-9-13(10-14(17)18)15(19)16(20)21-11-12-7-5-4-6-8-12/h4-8,13H,2-3,9-11H2,1H3,(H,17,18). The third-order valence-corrected chi connectivity index (χ3v) is 3.11. The lowest BCUT2D eigenvalue weighted by Gasteiger charge is -2.12. The number of benzene rings is 1. The maximum atomic E-state index is 12.0. The summed E-state index contributed by atoms with van der Waals surface area (Å²) >= 11 is 0. The second kappa shape index (κ2) is 8.89. The molecular formula is C16H20O5. The monoisotopic (exact) mass is 292 g/mol. The van der Waals surface area contributed by atoms with Crippen LogP contribution in [0, 0.1) is 5.92 Å². The largest absolute Gasteiger partial charge is 0.481 e. The summed E-state index contributed by atoms with van der Waals surface area (Å²) in [5.41, 5.74) is 0.780. The van der Waals surface area contributed by atoms with Gasteiger partial charge in [0.1, 0.15) is 6.61 Å². The van der Waals surface area contributed by atoms with Crippen molar-refractivity contribution in [2.75, 3.05) is 0 Å². The Kier molecular flexibility index (Phi) is 7.15. The van der Waals surface area contributed by atoms with Gasteiger partial charge in [0, 0.05) is 5.92 Å². The Bertz CT molecular complexity index is 481. The van der Waals surface area contributed by atoms with E-state index in [1.807, 2.05) is 13.0 Å². The molecular weight excluding hydrogens is 272 g/mol. The molecule has 5 heteroatoms. The van der Waals surface area contributed by atoms with E-state index in [0.29, 0.717) is 12.8 Å². The minimum absolute atomic E-state index is 0.0129. The molecule has 1 rings (SSSR count). The summed E-state index contributed by atoms with van der Waals surface area (Å²) in [6, 6.07) is 9.01. The van der Waals surface area contributed by atoms with Crippen LogP contribution in [0.3, 0.4) is 0 Å². The highest BCUT2D eigenvalue weighted by Gasteiger charge is 2.28. The average Bonchev–Trinajstić information content (AvgIpc) is 2.49. The Labute approximate surface area is 123 Å². The van der Waals surface area contributed by atoms with Crippen LogP contribution in [0.25, 0.3) is 0 Å². The number of carbonyl (C=O) groups is 3. The Morgan fingerprint density at radius 2 is 1.86 bits per heavy atom. The molecule has 1 atom stereocenters. The molecule has 5 nitrogen and oxygen atoms in total. The third-order valence-electron chi connectivity index (χ3n) is 3.11. The minimum Gasteiger partial charge on any atom is -0.481 e. The molecule has 0 aliphatic rings. The van der Waals surface area contributed by atoms with E-state index in [1.165, 1.54) is 0 Å². The number of carbonyl (C=O) groups excluding carboxylic acids is 2. The zero-order valence-corrected chi connectivity index (χ0v) is 12.1. The number of hydrogen-bond donors (Lipinski definition) is 1. The average molecular weight is 292 g/mol. The van der Waals surface area contributed by atoms with Crippen LogP contribution >= 0.6 is 0 Å². The van der Waals surface area contributed by atoms with Crippen molar-refractivity contribution in [3.8, 4) is 0 Å². The van der Waals surface area contributed by atoms with Gasteiger partial charge < -0.3 is 9.84 Å². The number of aliphatic carboxylic acids is 1. The Morgan fingerprint density at radius 1 is 1.19 bits per heavy atom. The van der Waals surface area contributed by atoms with Crippen molar-refractivity contribution in [3.63, 3.8) is 0 Å². The highest BCUT2D eigenvalue weighted by Crippen LogP contribution is 2.15. The molecule has 0 bridgehead atoms. The van der Waals surface area contributed by atoms with Crippen molar-refractivity contribution < 1.29 is 24.2 Å². The van der Waals surface area contributed by atoms with Gasteiger partial charge in [-0.15, -0.1) is 0 Å². The molecule has 1 aromatic carbocycles. The summed E-state index contributed by atoms with van der Waals surface area (Å²) in [6.45, 7) is 1.95. The van der Waals surface area contributed by atoms with E-state index >= 15 is 0 Å². The molecule has 1 N–H and O–H groups in total. The number of unbranched alkanes of at least 4 members (excludes halogenated alkanes) is 1. The van der Waals surface area contributed by atoms with E-state index < -0.39 is 23.6 Å². The maximum Gasteiger partial charge on any atom is 0.375 e. The molecule has 0 spiro atoms. The molecule has 0 saturated carbocycles. The molecule has 1 unspecified atom stereocenters. The van der Waals surface area contributed by atoms with Gasteiger partial charge in [-0.05, 0) is 12.0 Å². The number of ether oxygens (including phenoxy) is 1. The van der Waals surface area contributed by atoms with Crippen LogP contribution < -0.4 is 0 Å². The maximum absolute atomic E-state index is 12.0. The van der Waals surface area contributed by atoms with Crippen molar-refractivity contribution in [1.82, 2.24) is 0 Å². The second-order valence-corrected chi connectivity index (χ2v) is 4.86. The van der Waals surface area contributed by atoms with E-state index in [-0.39, 0.29) is 13.0 Å². The molecule has 0 fully saturated rings. The van der Waals surface area contributed by atoms with Gasteiger partial charge in [-0.3, -0.25) is 9.59 Å². The Hall–Kier alpha value is -2.17. The van der Waals surface area contributed by atoms with Gasteiger partial charge in [-0.1, -0.05) is 50.1 Å². The predicted octanol–water partition coefficient (Wildman–Crippen LogP) is 2.58. The number of ketones is 1. The molecule has 0 saturated heterocycles. The van der Waals surface area contributed by atoms with Crippen LogP contribution in [-0.2, 0) is 25.7 Å². The van der Waals surface area contributed by atoms with Crippen LogP contribution in [-0.4, -0.2) is 22.8 Å². The molecule has 0 radical (unpaired) electrons. The minimum atomic E-state index is -1.08. The lowest BCUT2D eigenvalue weighted by atomic mass is 9.94. The summed E-state index contributed by atoms with van der Waals surface area (Å²) in [5, 5.41) is 8.82. The summed E-state index contributed by atoms with van der Waals surface area (Å²) in [6.07, 6.45) is 1.60. The summed E-state index contributed by atoms with van der Waals surface area (Å²) in [7, 11) is 0. The van der Waals surface area contributed by atoms with Gasteiger partial charge in [0.25, 0.3) is 0 Å². The molecule has 0 heterocycles. The number of carboxylic acid groups (broad SMARTS) is 1. The highest BCUT2D eigenvalue weighted by molar-refractivity contribution is 6.34. The van der Waals surface area contributed by atoms with Gasteiger partial charge in [-0.25, -0.2) is 4.79 Å². The fourth-order valence-electron chi connectivity index (χ4n) is 1.95.